The molecule has 118 valence electrons. The number of aliphatic hydroxyl groups is 1. The van der Waals surface area contributed by atoms with E-state index in [2.05, 4.69) is 11.4 Å². The van der Waals surface area contributed by atoms with Crippen LogP contribution in [-0.4, -0.2) is 44.5 Å². The first-order valence-electron chi connectivity index (χ1n) is 7.15. The SMILES string of the molecule is COC(=O)CC(Cc1cc(C)ccc1OC)NCCCO. The average molecular weight is 295 g/mol. The highest BCUT2D eigenvalue weighted by Crippen LogP contribution is 2.22. The zero-order valence-corrected chi connectivity index (χ0v) is 13.0. The van der Waals surface area contributed by atoms with Gasteiger partial charge in [-0.25, -0.2) is 0 Å². The summed E-state index contributed by atoms with van der Waals surface area (Å²) in [6, 6.07) is 5.96. The third-order valence-electron chi connectivity index (χ3n) is 3.31. The van der Waals surface area contributed by atoms with Gasteiger partial charge in [0, 0.05) is 12.6 Å². The zero-order chi connectivity index (χ0) is 15.7. The number of hydrogen-bond donors (Lipinski definition) is 2. The molecule has 0 bridgehead atoms. The van der Waals surface area contributed by atoms with Crippen molar-refractivity contribution in [3.05, 3.63) is 29.3 Å². The molecule has 0 fully saturated rings. The Labute approximate surface area is 126 Å². The second kappa shape index (κ2) is 9.37. The molecule has 0 aliphatic rings. The molecular weight excluding hydrogens is 270 g/mol. The molecule has 1 atom stereocenters. The molecular formula is C16H25NO4. The van der Waals surface area contributed by atoms with Crippen LogP contribution in [0.25, 0.3) is 0 Å². The Hall–Kier alpha value is -1.59. The number of nitrogens with one attached hydrogen (secondary N) is 1. The third kappa shape index (κ3) is 6.14. The van der Waals surface area contributed by atoms with Crippen molar-refractivity contribution in [1.82, 2.24) is 5.32 Å². The molecule has 1 unspecified atom stereocenters. The molecule has 0 aliphatic heterocycles. The van der Waals surface area contributed by atoms with Crippen molar-refractivity contribution < 1.29 is 19.4 Å². The van der Waals surface area contributed by atoms with Crippen molar-refractivity contribution in [2.75, 3.05) is 27.4 Å². The Morgan fingerprint density at radius 1 is 1.38 bits per heavy atom. The molecule has 0 aromatic heterocycles. The first-order valence-corrected chi connectivity index (χ1v) is 7.15. The number of aliphatic hydroxyl groups excluding tert-OH is 1. The lowest BCUT2D eigenvalue weighted by Gasteiger charge is -2.19. The van der Waals surface area contributed by atoms with Crippen molar-refractivity contribution in [3.8, 4) is 5.75 Å². The summed E-state index contributed by atoms with van der Waals surface area (Å²) in [7, 11) is 3.03. The molecule has 0 heterocycles. The smallest absolute Gasteiger partial charge is 0.307 e. The molecule has 21 heavy (non-hydrogen) atoms. The lowest BCUT2D eigenvalue weighted by molar-refractivity contribution is -0.141. The van der Waals surface area contributed by atoms with E-state index in [-0.39, 0.29) is 18.6 Å². The molecule has 1 aromatic carbocycles. The second-order valence-corrected chi connectivity index (χ2v) is 5.03. The average Bonchev–Trinajstić information content (AvgIpc) is 2.47. The van der Waals surface area contributed by atoms with Crippen LogP contribution in [0.2, 0.25) is 0 Å². The summed E-state index contributed by atoms with van der Waals surface area (Å²) in [5.41, 5.74) is 2.21. The van der Waals surface area contributed by atoms with Crippen molar-refractivity contribution >= 4 is 5.97 Å². The molecule has 0 saturated heterocycles. The van der Waals surface area contributed by atoms with E-state index in [1.807, 2.05) is 19.1 Å². The fraction of sp³-hybridized carbons (Fsp3) is 0.562. The van der Waals surface area contributed by atoms with Gasteiger partial charge < -0.3 is 19.9 Å². The number of carbonyl (C=O) groups is 1. The van der Waals surface area contributed by atoms with Gasteiger partial charge in [-0.05, 0) is 37.9 Å². The van der Waals surface area contributed by atoms with Gasteiger partial charge in [0.2, 0.25) is 0 Å². The molecule has 5 nitrogen and oxygen atoms in total. The van der Waals surface area contributed by atoms with Gasteiger partial charge in [0.05, 0.1) is 20.6 Å². The van der Waals surface area contributed by atoms with Gasteiger partial charge in [-0.1, -0.05) is 17.7 Å². The minimum absolute atomic E-state index is 0.0419. The molecule has 0 spiro atoms. The first-order chi connectivity index (χ1) is 10.1. The van der Waals surface area contributed by atoms with Crippen LogP contribution < -0.4 is 10.1 Å². The summed E-state index contributed by atoms with van der Waals surface area (Å²) >= 11 is 0. The summed E-state index contributed by atoms with van der Waals surface area (Å²) in [5.74, 6) is 0.572. The maximum absolute atomic E-state index is 11.5. The number of benzene rings is 1. The minimum atomic E-state index is -0.247. The van der Waals surface area contributed by atoms with E-state index in [1.54, 1.807) is 7.11 Å². The summed E-state index contributed by atoms with van der Waals surface area (Å²) < 4.78 is 10.1. The molecule has 0 saturated carbocycles. The van der Waals surface area contributed by atoms with Crippen LogP contribution in [0.1, 0.15) is 24.0 Å². The topological polar surface area (TPSA) is 67.8 Å². The fourth-order valence-corrected chi connectivity index (χ4v) is 2.22. The quantitative estimate of drug-likeness (QED) is 0.533. The fourth-order valence-electron chi connectivity index (χ4n) is 2.22. The zero-order valence-electron chi connectivity index (χ0n) is 13.0. The van der Waals surface area contributed by atoms with Gasteiger partial charge >= 0.3 is 5.97 Å². The van der Waals surface area contributed by atoms with Gasteiger partial charge in [-0.2, -0.15) is 0 Å². The highest BCUT2D eigenvalue weighted by molar-refractivity contribution is 5.70. The predicted molar refractivity (Wildman–Crippen MR) is 81.6 cm³/mol. The summed E-state index contributed by atoms with van der Waals surface area (Å²) in [6.07, 6.45) is 1.62. The number of carbonyl (C=O) groups excluding carboxylic acids is 1. The standard InChI is InChI=1S/C16H25NO4/c1-12-5-6-15(20-2)13(9-12)10-14(11-16(19)21-3)17-7-4-8-18/h5-6,9,14,17-18H,4,7-8,10-11H2,1-3H3. The van der Waals surface area contributed by atoms with Crippen molar-refractivity contribution in [1.29, 1.82) is 0 Å². The number of methoxy groups -OCH3 is 2. The van der Waals surface area contributed by atoms with Crippen molar-refractivity contribution in [3.63, 3.8) is 0 Å². The maximum Gasteiger partial charge on any atom is 0.307 e. The number of ether oxygens (including phenoxy) is 2. The van der Waals surface area contributed by atoms with Crippen LogP contribution in [-0.2, 0) is 16.0 Å². The summed E-state index contributed by atoms with van der Waals surface area (Å²) in [5, 5.41) is 12.2. The molecule has 0 aliphatic carbocycles. The summed E-state index contributed by atoms with van der Waals surface area (Å²) in [4.78, 5) is 11.5. The number of rotatable bonds is 9. The van der Waals surface area contributed by atoms with Gasteiger partial charge in [0.15, 0.2) is 0 Å². The van der Waals surface area contributed by atoms with E-state index in [0.717, 1.165) is 16.9 Å². The van der Waals surface area contributed by atoms with Crippen LogP contribution in [0.5, 0.6) is 5.75 Å². The number of aryl methyl sites for hydroxylation is 1. The van der Waals surface area contributed by atoms with Crippen LogP contribution >= 0.6 is 0 Å². The van der Waals surface area contributed by atoms with E-state index in [4.69, 9.17) is 14.6 Å². The molecule has 5 heteroatoms. The monoisotopic (exact) mass is 295 g/mol. The Kier molecular flexibility index (Phi) is 7.79. The van der Waals surface area contributed by atoms with E-state index < -0.39 is 0 Å². The maximum atomic E-state index is 11.5. The normalized spacial score (nSPS) is 12.0. The van der Waals surface area contributed by atoms with Crippen LogP contribution in [0, 0.1) is 6.92 Å². The second-order valence-electron chi connectivity index (χ2n) is 5.03. The van der Waals surface area contributed by atoms with E-state index in [9.17, 15) is 4.79 Å². The predicted octanol–water partition coefficient (Wildman–Crippen LogP) is 1.45. The van der Waals surface area contributed by atoms with Crippen LogP contribution in [0.4, 0.5) is 0 Å². The Bertz CT molecular complexity index is 448. The largest absolute Gasteiger partial charge is 0.496 e. The van der Waals surface area contributed by atoms with Gasteiger partial charge in [0.25, 0.3) is 0 Å². The van der Waals surface area contributed by atoms with Gasteiger partial charge in [-0.3, -0.25) is 4.79 Å². The van der Waals surface area contributed by atoms with Crippen molar-refractivity contribution in [2.45, 2.75) is 32.2 Å². The molecule has 1 aromatic rings. The minimum Gasteiger partial charge on any atom is -0.496 e. The Morgan fingerprint density at radius 3 is 2.76 bits per heavy atom. The van der Waals surface area contributed by atoms with Gasteiger partial charge in [-0.15, -0.1) is 0 Å². The number of hydrogen-bond acceptors (Lipinski definition) is 5. The third-order valence-corrected chi connectivity index (χ3v) is 3.31. The molecule has 0 radical (unpaired) electrons. The lowest BCUT2D eigenvalue weighted by Crippen LogP contribution is -2.35. The van der Waals surface area contributed by atoms with Gasteiger partial charge in [0.1, 0.15) is 5.75 Å². The molecule has 0 amide bonds. The first kappa shape index (κ1) is 17.5. The van der Waals surface area contributed by atoms with Crippen LogP contribution in [0.15, 0.2) is 18.2 Å². The highest BCUT2D eigenvalue weighted by atomic mass is 16.5. The highest BCUT2D eigenvalue weighted by Gasteiger charge is 2.16. The molecule has 2 N–H and O–H groups in total. The summed E-state index contributed by atoms with van der Waals surface area (Å²) in [6.45, 7) is 2.81. The van der Waals surface area contributed by atoms with Crippen LogP contribution in [0.3, 0.4) is 0 Å². The Morgan fingerprint density at radius 2 is 2.14 bits per heavy atom. The lowest BCUT2D eigenvalue weighted by atomic mass is 10.0. The Balaban J connectivity index is 2.78. The number of esters is 1. The van der Waals surface area contributed by atoms with E-state index in [1.165, 1.54) is 7.11 Å². The molecule has 1 rings (SSSR count). The van der Waals surface area contributed by atoms with E-state index in [0.29, 0.717) is 25.8 Å². The van der Waals surface area contributed by atoms with Crippen molar-refractivity contribution in [2.24, 2.45) is 0 Å². The van der Waals surface area contributed by atoms with E-state index >= 15 is 0 Å².